The van der Waals surface area contributed by atoms with Crippen molar-refractivity contribution in [3.8, 4) is 0 Å². The normalized spacial score (nSPS) is 12.5. The van der Waals surface area contributed by atoms with Crippen LogP contribution in [-0.4, -0.2) is 37.2 Å². The minimum Gasteiger partial charge on any atom is -0.462 e. The largest absolute Gasteiger partial charge is 0.462 e. The van der Waals surface area contributed by atoms with Crippen LogP contribution in [-0.2, 0) is 28.6 Å². The van der Waals surface area contributed by atoms with Gasteiger partial charge >= 0.3 is 17.9 Å². The average Bonchev–Trinajstić information content (AvgIpc) is 3.49. The fraction of sp³-hybridized carbons (Fsp3) is 0.805. The van der Waals surface area contributed by atoms with Gasteiger partial charge in [-0.25, -0.2) is 0 Å². The molecule has 0 saturated heterocycles. The van der Waals surface area contributed by atoms with Gasteiger partial charge in [-0.15, -0.1) is 0 Å². The van der Waals surface area contributed by atoms with E-state index in [1.807, 2.05) is 0 Å². The molecular weight excluding hydrogens is 1020 g/mol. The van der Waals surface area contributed by atoms with Crippen molar-refractivity contribution in [2.75, 3.05) is 13.2 Å². The SMILES string of the molecule is CC/C=C\C/C=C\C/C=C\C/C=C\CCCCC(=O)OCC(COC(=O)CCCCCCCCCCCCCCCCCCC/C=C\C/C=C\CCCCCCC)OC(=O)CCCCCCCCCCCCCCCCCCCCCCC. The number of hydrogen-bond acceptors (Lipinski definition) is 6. The summed E-state index contributed by atoms with van der Waals surface area (Å²) in [5.74, 6) is -0.903. The van der Waals surface area contributed by atoms with Crippen LogP contribution in [0.2, 0.25) is 0 Å². The summed E-state index contributed by atoms with van der Waals surface area (Å²) in [7, 11) is 0. The van der Waals surface area contributed by atoms with Crippen molar-refractivity contribution < 1.29 is 28.6 Å². The van der Waals surface area contributed by atoms with Crippen LogP contribution in [0.25, 0.3) is 0 Å². The topological polar surface area (TPSA) is 78.9 Å². The second-order valence-corrected chi connectivity index (χ2v) is 24.5. The molecule has 0 aliphatic heterocycles. The third kappa shape index (κ3) is 69.5. The second kappa shape index (κ2) is 71.3. The van der Waals surface area contributed by atoms with Crippen molar-refractivity contribution in [2.24, 2.45) is 0 Å². The molecule has 0 fully saturated rings. The van der Waals surface area contributed by atoms with E-state index in [0.717, 1.165) is 89.9 Å². The molecule has 0 aliphatic rings. The summed E-state index contributed by atoms with van der Waals surface area (Å²) in [5.41, 5.74) is 0. The van der Waals surface area contributed by atoms with Gasteiger partial charge in [0, 0.05) is 19.3 Å². The van der Waals surface area contributed by atoms with Gasteiger partial charge in [-0.2, -0.15) is 0 Å². The summed E-state index contributed by atoms with van der Waals surface area (Å²) >= 11 is 0. The predicted octanol–water partition coefficient (Wildman–Crippen LogP) is 25.2. The highest BCUT2D eigenvalue weighted by molar-refractivity contribution is 5.71. The number of hydrogen-bond donors (Lipinski definition) is 0. The summed E-state index contributed by atoms with van der Waals surface area (Å²) in [6.45, 7) is 6.54. The van der Waals surface area contributed by atoms with E-state index in [1.54, 1.807) is 0 Å². The number of carbonyl (C=O) groups is 3. The summed E-state index contributed by atoms with van der Waals surface area (Å²) in [6.07, 6.45) is 93.8. The van der Waals surface area contributed by atoms with Crippen LogP contribution in [0.4, 0.5) is 0 Å². The summed E-state index contributed by atoms with van der Waals surface area (Å²) in [4.78, 5) is 38.5. The maximum atomic E-state index is 13.0. The first-order valence-electron chi connectivity index (χ1n) is 36.4. The van der Waals surface area contributed by atoms with Gasteiger partial charge in [-0.1, -0.05) is 344 Å². The van der Waals surface area contributed by atoms with Crippen LogP contribution in [0.3, 0.4) is 0 Å². The monoisotopic (exact) mass is 1160 g/mol. The van der Waals surface area contributed by atoms with E-state index in [4.69, 9.17) is 14.2 Å². The Hall–Kier alpha value is -3.15. The number of rotatable bonds is 67. The van der Waals surface area contributed by atoms with Crippen LogP contribution in [0, 0.1) is 0 Å². The molecule has 0 N–H and O–H groups in total. The molecule has 6 heteroatoms. The van der Waals surface area contributed by atoms with Gasteiger partial charge in [0.05, 0.1) is 0 Å². The standard InChI is InChI=1S/C77H138O6/c1-4-7-10-13-16-19-22-25-28-30-32-34-35-36-37-38-39-40-41-43-44-46-49-52-55-58-61-64-67-70-76(79)82-73-74(72-81-75(78)69-66-63-60-57-54-51-48-27-24-21-18-15-12-9-6-3)83-77(80)71-68-65-62-59-56-53-50-47-45-42-33-31-29-26-23-20-17-14-11-8-5-2/h9,12,18,21-22,25,27,30,32,48,54,57,74H,4-8,10-11,13-17,19-20,23-24,26,28-29,31,33-47,49-53,55-56,58-73H2,1-3H3/b12-9-,21-18-,25-22-,32-30-,48-27-,57-54-. The van der Waals surface area contributed by atoms with Gasteiger partial charge < -0.3 is 14.2 Å². The lowest BCUT2D eigenvalue weighted by atomic mass is 10.0. The summed E-state index contributed by atoms with van der Waals surface area (Å²) in [6, 6.07) is 0. The maximum Gasteiger partial charge on any atom is 0.306 e. The molecule has 1 unspecified atom stereocenters. The number of ether oxygens (including phenoxy) is 3. The van der Waals surface area contributed by atoms with Crippen molar-refractivity contribution in [1.29, 1.82) is 0 Å². The smallest absolute Gasteiger partial charge is 0.306 e. The molecule has 482 valence electrons. The van der Waals surface area contributed by atoms with E-state index in [0.29, 0.717) is 19.3 Å². The average molecular weight is 1160 g/mol. The Balaban J connectivity index is 4.26. The van der Waals surface area contributed by atoms with E-state index in [1.165, 1.54) is 250 Å². The van der Waals surface area contributed by atoms with Gasteiger partial charge in [-0.05, 0) is 89.9 Å². The van der Waals surface area contributed by atoms with Crippen molar-refractivity contribution in [2.45, 2.75) is 386 Å². The third-order valence-corrected chi connectivity index (χ3v) is 16.2. The lowest BCUT2D eigenvalue weighted by Crippen LogP contribution is -2.30. The summed E-state index contributed by atoms with van der Waals surface area (Å²) in [5, 5.41) is 0. The van der Waals surface area contributed by atoms with Crippen LogP contribution >= 0.6 is 0 Å². The summed E-state index contributed by atoms with van der Waals surface area (Å²) < 4.78 is 17.0. The molecule has 0 radical (unpaired) electrons. The molecule has 83 heavy (non-hydrogen) atoms. The van der Waals surface area contributed by atoms with Gasteiger partial charge in [0.15, 0.2) is 6.10 Å². The molecule has 0 spiro atoms. The van der Waals surface area contributed by atoms with Crippen molar-refractivity contribution in [3.05, 3.63) is 72.9 Å². The maximum absolute atomic E-state index is 13.0. The molecule has 0 heterocycles. The van der Waals surface area contributed by atoms with Crippen LogP contribution in [0.15, 0.2) is 72.9 Å². The minimum absolute atomic E-state index is 0.0840. The highest BCUT2D eigenvalue weighted by atomic mass is 16.6. The lowest BCUT2D eigenvalue weighted by Gasteiger charge is -2.18. The zero-order valence-electron chi connectivity index (χ0n) is 55.5. The molecule has 1 atom stereocenters. The Labute approximate surface area is 516 Å². The first-order valence-corrected chi connectivity index (χ1v) is 36.4. The Morgan fingerprint density at radius 1 is 0.253 bits per heavy atom. The second-order valence-electron chi connectivity index (χ2n) is 24.5. The first-order chi connectivity index (χ1) is 41.0. The quantitative estimate of drug-likeness (QED) is 0.0261. The minimum atomic E-state index is -0.792. The highest BCUT2D eigenvalue weighted by Crippen LogP contribution is 2.18. The van der Waals surface area contributed by atoms with Crippen molar-refractivity contribution >= 4 is 17.9 Å². The molecule has 0 aliphatic carbocycles. The molecule has 6 nitrogen and oxygen atoms in total. The molecule has 0 amide bonds. The van der Waals surface area contributed by atoms with Gasteiger partial charge in [-0.3, -0.25) is 14.4 Å². The molecule has 0 aromatic carbocycles. The Kier molecular flexibility index (Phi) is 68.6. The zero-order chi connectivity index (χ0) is 59.9. The van der Waals surface area contributed by atoms with E-state index < -0.39 is 6.10 Å². The number of unbranched alkanes of at least 4 members (excludes halogenated alkanes) is 44. The molecule has 0 aromatic heterocycles. The van der Waals surface area contributed by atoms with Gasteiger partial charge in [0.2, 0.25) is 0 Å². The Morgan fingerprint density at radius 2 is 0.470 bits per heavy atom. The molecule has 0 saturated carbocycles. The van der Waals surface area contributed by atoms with Crippen molar-refractivity contribution in [3.63, 3.8) is 0 Å². The Morgan fingerprint density at radius 3 is 0.759 bits per heavy atom. The number of esters is 3. The zero-order valence-corrected chi connectivity index (χ0v) is 55.5. The van der Waals surface area contributed by atoms with Gasteiger partial charge in [0.25, 0.3) is 0 Å². The van der Waals surface area contributed by atoms with E-state index in [9.17, 15) is 14.4 Å². The molecule has 0 rings (SSSR count). The molecule has 0 bridgehead atoms. The Bertz CT molecular complexity index is 1520. The fourth-order valence-corrected chi connectivity index (χ4v) is 10.8. The third-order valence-electron chi connectivity index (χ3n) is 16.2. The van der Waals surface area contributed by atoms with Crippen LogP contribution < -0.4 is 0 Å². The number of carbonyl (C=O) groups excluding carboxylic acids is 3. The van der Waals surface area contributed by atoms with Gasteiger partial charge in [0.1, 0.15) is 13.2 Å². The number of allylic oxidation sites excluding steroid dienone is 12. The van der Waals surface area contributed by atoms with E-state index in [2.05, 4.69) is 93.7 Å². The molecule has 0 aromatic rings. The van der Waals surface area contributed by atoms with Crippen LogP contribution in [0.5, 0.6) is 0 Å². The van der Waals surface area contributed by atoms with Crippen molar-refractivity contribution in [1.82, 2.24) is 0 Å². The predicted molar refractivity (Wildman–Crippen MR) is 362 cm³/mol. The fourth-order valence-electron chi connectivity index (χ4n) is 10.8. The highest BCUT2D eigenvalue weighted by Gasteiger charge is 2.19. The lowest BCUT2D eigenvalue weighted by molar-refractivity contribution is -0.167. The van der Waals surface area contributed by atoms with E-state index >= 15 is 0 Å². The van der Waals surface area contributed by atoms with E-state index in [-0.39, 0.29) is 31.1 Å². The first kappa shape index (κ1) is 79.8. The molecular formula is C77H138O6. The van der Waals surface area contributed by atoms with Crippen LogP contribution in [0.1, 0.15) is 380 Å².